The van der Waals surface area contributed by atoms with E-state index in [1.54, 1.807) is 0 Å². The molecule has 0 aliphatic carbocycles. The van der Waals surface area contributed by atoms with Crippen LogP contribution < -0.4 is 5.32 Å². The first-order valence-electron chi connectivity index (χ1n) is 6.69. The molecule has 1 amide bonds. The highest BCUT2D eigenvalue weighted by molar-refractivity contribution is 6.31. The van der Waals surface area contributed by atoms with E-state index in [0.29, 0.717) is 11.0 Å². The molecule has 0 aliphatic rings. The molecule has 0 fully saturated rings. The minimum atomic E-state index is -1.17. The Labute approximate surface area is 134 Å². The lowest BCUT2D eigenvalue weighted by Gasteiger charge is -2.09. The first kappa shape index (κ1) is 15.4. The van der Waals surface area contributed by atoms with Gasteiger partial charge in [-0.15, -0.1) is 0 Å². The zero-order valence-electron chi connectivity index (χ0n) is 12.0. The fourth-order valence-electron chi connectivity index (χ4n) is 2.25. The molecule has 0 atom stereocenters. The van der Waals surface area contributed by atoms with Crippen molar-refractivity contribution >= 4 is 28.5 Å². The maximum atomic E-state index is 13.3. The molecule has 1 heterocycles. The molecule has 3 aromatic rings. The van der Waals surface area contributed by atoms with Crippen LogP contribution in [0.25, 0.3) is 11.0 Å². The van der Waals surface area contributed by atoms with Crippen molar-refractivity contribution in [3.05, 3.63) is 57.6 Å². The molecule has 0 saturated carbocycles. The summed E-state index contributed by atoms with van der Waals surface area (Å²) in [6.07, 6.45) is 0. The van der Waals surface area contributed by atoms with Crippen LogP contribution in [0.15, 0.2) is 24.3 Å². The molecule has 0 spiro atoms. The van der Waals surface area contributed by atoms with Crippen molar-refractivity contribution in [2.45, 2.75) is 13.5 Å². The Morgan fingerprint density at radius 3 is 2.83 bits per heavy atom. The normalized spacial score (nSPS) is 11.0. The molecule has 0 unspecified atom stereocenters. The van der Waals surface area contributed by atoms with Crippen LogP contribution in [-0.4, -0.2) is 21.3 Å². The van der Waals surface area contributed by atoms with Gasteiger partial charge in [0.05, 0.1) is 5.02 Å². The van der Waals surface area contributed by atoms with Crippen molar-refractivity contribution in [2.24, 2.45) is 0 Å². The Morgan fingerprint density at radius 2 is 2.09 bits per heavy atom. The van der Waals surface area contributed by atoms with E-state index in [4.69, 9.17) is 11.6 Å². The van der Waals surface area contributed by atoms with Crippen molar-refractivity contribution in [3.63, 3.8) is 0 Å². The molecule has 0 radical (unpaired) electrons. The number of benzene rings is 2. The smallest absolute Gasteiger partial charge is 0.251 e. The SMILES string of the molecule is Cc1ccc2n[nH]nc2c1CNC(=O)c1cc(F)c(F)c(Cl)c1. The van der Waals surface area contributed by atoms with Crippen LogP contribution in [-0.2, 0) is 6.54 Å². The number of halogens is 3. The summed E-state index contributed by atoms with van der Waals surface area (Å²) in [5.41, 5.74) is 2.98. The highest BCUT2D eigenvalue weighted by Gasteiger charge is 2.15. The summed E-state index contributed by atoms with van der Waals surface area (Å²) in [7, 11) is 0. The van der Waals surface area contributed by atoms with E-state index in [0.717, 1.165) is 23.3 Å². The number of rotatable bonds is 3. The van der Waals surface area contributed by atoms with Crippen molar-refractivity contribution in [1.82, 2.24) is 20.7 Å². The van der Waals surface area contributed by atoms with Crippen molar-refractivity contribution < 1.29 is 13.6 Å². The third kappa shape index (κ3) is 2.87. The standard InChI is InChI=1S/C15H11ClF2N4O/c1-7-2-3-12-14(21-22-20-12)9(7)6-19-15(23)8-4-10(16)13(18)11(17)5-8/h2-5H,6H2,1H3,(H,19,23)(H,20,21,22). The first-order chi connectivity index (χ1) is 11.0. The van der Waals surface area contributed by atoms with Crippen molar-refractivity contribution in [1.29, 1.82) is 0 Å². The number of nitrogens with one attached hydrogen (secondary N) is 2. The number of carbonyl (C=O) groups is 1. The number of H-pyrrole nitrogens is 1. The molecule has 0 saturated heterocycles. The largest absolute Gasteiger partial charge is 0.348 e. The highest BCUT2D eigenvalue weighted by Crippen LogP contribution is 2.21. The fraction of sp³-hybridized carbons (Fsp3) is 0.133. The third-order valence-electron chi connectivity index (χ3n) is 3.50. The molecule has 1 aromatic heterocycles. The van der Waals surface area contributed by atoms with Crippen LogP contribution in [0.5, 0.6) is 0 Å². The maximum Gasteiger partial charge on any atom is 0.251 e. The number of fused-ring (bicyclic) bond motifs is 1. The first-order valence-corrected chi connectivity index (χ1v) is 7.07. The summed E-state index contributed by atoms with van der Waals surface area (Å²) >= 11 is 5.55. The number of aryl methyl sites for hydroxylation is 1. The summed E-state index contributed by atoms with van der Waals surface area (Å²) in [4.78, 5) is 12.1. The minimum absolute atomic E-state index is 0.0566. The summed E-state index contributed by atoms with van der Waals surface area (Å²) in [6, 6.07) is 5.56. The van der Waals surface area contributed by atoms with E-state index in [1.807, 2.05) is 19.1 Å². The van der Waals surface area contributed by atoms with Crippen LogP contribution in [0.2, 0.25) is 5.02 Å². The predicted octanol–water partition coefficient (Wildman–Crippen LogP) is 3.13. The lowest BCUT2D eigenvalue weighted by molar-refractivity contribution is 0.0950. The van der Waals surface area contributed by atoms with Gasteiger partial charge in [0, 0.05) is 17.7 Å². The van der Waals surface area contributed by atoms with Gasteiger partial charge in [0.25, 0.3) is 5.91 Å². The predicted molar refractivity (Wildman–Crippen MR) is 81.2 cm³/mol. The van der Waals surface area contributed by atoms with Crippen molar-refractivity contribution in [2.75, 3.05) is 0 Å². The molecule has 0 bridgehead atoms. The van der Waals surface area contributed by atoms with Crippen LogP contribution in [0.4, 0.5) is 8.78 Å². The summed E-state index contributed by atoms with van der Waals surface area (Å²) in [5.74, 6) is -2.91. The Bertz CT molecular complexity index is 887. The molecule has 0 aliphatic heterocycles. The van der Waals surface area contributed by atoms with Crippen molar-refractivity contribution in [3.8, 4) is 0 Å². The van der Waals surface area contributed by atoms with Crippen LogP contribution in [0.3, 0.4) is 0 Å². The lowest BCUT2D eigenvalue weighted by atomic mass is 10.1. The van der Waals surface area contributed by atoms with Gasteiger partial charge in [-0.25, -0.2) is 8.78 Å². The van der Waals surface area contributed by atoms with Gasteiger partial charge in [0.15, 0.2) is 11.6 Å². The molecule has 3 rings (SSSR count). The Kier molecular flexibility index (Phi) is 3.96. The molecular formula is C15H11ClF2N4O. The second kappa shape index (κ2) is 5.92. The van der Waals surface area contributed by atoms with E-state index in [1.165, 1.54) is 0 Å². The van der Waals surface area contributed by atoms with Gasteiger partial charge in [-0.1, -0.05) is 17.7 Å². The van der Waals surface area contributed by atoms with Gasteiger partial charge in [0.2, 0.25) is 0 Å². The third-order valence-corrected chi connectivity index (χ3v) is 3.77. The Balaban J connectivity index is 1.84. The Hall–Kier alpha value is -2.54. The maximum absolute atomic E-state index is 13.3. The number of hydrogen-bond acceptors (Lipinski definition) is 3. The second-order valence-corrected chi connectivity index (χ2v) is 5.40. The van der Waals surface area contributed by atoms with Gasteiger partial charge in [-0.3, -0.25) is 4.79 Å². The van der Waals surface area contributed by atoms with E-state index in [2.05, 4.69) is 20.7 Å². The fourth-order valence-corrected chi connectivity index (χ4v) is 2.46. The van der Waals surface area contributed by atoms with Crippen LogP contribution in [0.1, 0.15) is 21.5 Å². The molecular weight excluding hydrogens is 326 g/mol. The van der Waals surface area contributed by atoms with Gasteiger partial charge in [0.1, 0.15) is 11.0 Å². The van der Waals surface area contributed by atoms with E-state index < -0.39 is 22.6 Å². The molecule has 23 heavy (non-hydrogen) atoms. The van der Waals surface area contributed by atoms with Gasteiger partial charge < -0.3 is 5.32 Å². The number of carbonyl (C=O) groups excluding carboxylic acids is 1. The van der Waals surface area contributed by atoms with E-state index in [9.17, 15) is 13.6 Å². The number of hydrogen-bond donors (Lipinski definition) is 2. The zero-order chi connectivity index (χ0) is 16.6. The van der Waals surface area contributed by atoms with E-state index >= 15 is 0 Å². The van der Waals surface area contributed by atoms with E-state index in [-0.39, 0.29) is 12.1 Å². The number of aromatic amines is 1. The lowest BCUT2D eigenvalue weighted by Crippen LogP contribution is -2.23. The molecule has 5 nitrogen and oxygen atoms in total. The molecule has 2 N–H and O–H groups in total. The molecule has 2 aromatic carbocycles. The summed E-state index contributed by atoms with van der Waals surface area (Å²) < 4.78 is 26.5. The minimum Gasteiger partial charge on any atom is -0.348 e. The number of nitrogens with zero attached hydrogens (tertiary/aromatic N) is 2. The molecule has 8 heteroatoms. The summed E-state index contributed by atoms with van der Waals surface area (Å²) in [6.45, 7) is 2.05. The number of amides is 1. The van der Waals surface area contributed by atoms with Gasteiger partial charge in [-0.2, -0.15) is 15.4 Å². The quantitative estimate of drug-likeness (QED) is 0.722. The van der Waals surface area contributed by atoms with Crippen LogP contribution >= 0.6 is 11.6 Å². The average molecular weight is 337 g/mol. The van der Waals surface area contributed by atoms with Gasteiger partial charge >= 0.3 is 0 Å². The zero-order valence-corrected chi connectivity index (χ0v) is 12.7. The Morgan fingerprint density at radius 1 is 1.30 bits per heavy atom. The topological polar surface area (TPSA) is 70.7 Å². The van der Waals surface area contributed by atoms with Crippen LogP contribution in [0, 0.1) is 18.6 Å². The number of aromatic nitrogens is 3. The summed E-state index contributed by atoms with van der Waals surface area (Å²) in [5, 5.41) is 12.8. The monoisotopic (exact) mass is 336 g/mol. The van der Waals surface area contributed by atoms with Gasteiger partial charge in [-0.05, 0) is 30.7 Å². The average Bonchev–Trinajstić information content (AvgIpc) is 2.99. The second-order valence-electron chi connectivity index (χ2n) is 4.99. The highest BCUT2D eigenvalue weighted by atomic mass is 35.5. The molecule has 118 valence electrons.